The topological polar surface area (TPSA) is 50.4 Å². The Kier molecular flexibility index (Phi) is 2.96. The number of amides is 1. The molecule has 0 atom stereocenters. The molecular weight excluding hydrogens is 216 g/mol. The van der Waals surface area contributed by atoms with Gasteiger partial charge >= 0.3 is 6.09 Å². The lowest BCUT2D eigenvalue weighted by Crippen LogP contribution is -2.27. The summed E-state index contributed by atoms with van der Waals surface area (Å²) >= 11 is 0. The van der Waals surface area contributed by atoms with Crippen LogP contribution >= 0.6 is 0 Å². The molecule has 1 aromatic carbocycles. The summed E-state index contributed by atoms with van der Waals surface area (Å²) in [4.78, 5) is 11.6. The van der Waals surface area contributed by atoms with E-state index in [1.165, 1.54) is 5.56 Å². The van der Waals surface area contributed by atoms with Crippen LogP contribution in [0.5, 0.6) is 0 Å². The van der Waals surface area contributed by atoms with Gasteiger partial charge in [0.2, 0.25) is 0 Å². The zero-order valence-corrected chi connectivity index (χ0v) is 10.5. The van der Waals surface area contributed by atoms with E-state index < -0.39 is 11.7 Å². The van der Waals surface area contributed by atoms with Gasteiger partial charge in [-0.2, -0.15) is 0 Å². The molecule has 0 fully saturated rings. The van der Waals surface area contributed by atoms with E-state index in [0.717, 1.165) is 24.3 Å². The van der Waals surface area contributed by atoms with Gasteiger partial charge in [-0.25, -0.2) is 4.79 Å². The predicted molar refractivity (Wildman–Crippen MR) is 68.5 cm³/mol. The van der Waals surface area contributed by atoms with Gasteiger partial charge in [0, 0.05) is 17.9 Å². The molecule has 2 N–H and O–H groups in total. The molecule has 0 spiro atoms. The lowest BCUT2D eigenvalue weighted by Gasteiger charge is -2.19. The molecule has 0 unspecified atom stereocenters. The Hall–Kier alpha value is -1.71. The summed E-state index contributed by atoms with van der Waals surface area (Å²) in [6, 6.07) is 5.87. The minimum Gasteiger partial charge on any atom is -0.444 e. The molecule has 1 aromatic rings. The summed E-state index contributed by atoms with van der Waals surface area (Å²) in [6.45, 7) is 6.50. The summed E-state index contributed by atoms with van der Waals surface area (Å²) in [6.07, 6.45) is 0.623. The van der Waals surface area contributed by atoms with Crippen LogP contribution in [0.4, 0.5) is 16.2 Å². The van der Waals surface area contributed by atoms with Crippen LogP contribution in [0.3, 0.4) is 0 Å². The second-order valence-corrected chi connectivity index (χ2v) is 5.18. The van der Waals surface area contributed by atoms with E-state index in [4.69, 9.17) is 4.74 Å². The van der Waals surface area contributed by atoms with Crippen molar-refractivity contribution in [3.05, 3.63) is 23.8 Å². The molecule has 17 heavy (non-hydrogen) atoms. The fourth-order valence-corrected chi connectivity index (χ4v) is 1.79. The number of carbonyl (C=O) groups excluding carboxylic acids is 1. The molecule has 0 saturated heterocycles. The van der Waals surface area contributed by atoms with Crippen LogP contribution < -0.4 is 10.6 Å². The molecule has 0 aliphatic carbocycles. The quantitative estimate of drug-likeness (QED) is 0.785. The fraction of sp³-hybridized carbons (Fsp3) is 0.462. The van der Waals surface area contributed by atoms with Gasteiger partial charge in [-0.1, -0.05) is 6.07 Å². The average molecular weight is 234 g/mol. The Morgan fingerprint density at radius 3 is 2.88 bits per heavy atom. The number of hydrogen-bond donors (Lipinski definition) is 2. The van der Waals surface area contributed by atoms with Crippen molar-refractivity contribution >= 4 is 17.5 Å². The Bertz CT molecular complexity index is 436. The van der Waals surface area contributed by atoms with E-state index in [1.54, 1.807) is 0 Å². The molecule has 1 aliphatic heterocycles. The molecule has 4 nitrogen and oxygen atoms in total. The highest BCUT2D eigenvalue weighted by Gasteiger charge is 2.17. The summed E-state index contributed by atoms with van der Waals surface area (Å²) in [7, 11) is 0. The first kappa shape index (κ1) is 11.8. The van der Waals surface area contributed by atoms with Crippen LogP contribution in [0.15, 0.2) is 18.2 Å². The molecule has 2 rings (SSSR count). The number of nitrogens with one attached hydrogen (secondary N) is 2. The Morgan fingerprint density at radius 1 is 1.41 bits per heavy atom. The smallest absolute Gasteiger partial charge is 0.412 e. The Balaban J connectivity index is 2.02. The number of fused-ring (bicyclic) bond motifs is 1. The van der Waals surface area contributed by atoms with Crippen LogP contribution in [-0.2, 0) is 11.2 Å². The van der Waals surface area contributed by atoms with Gasteiger partial charge in [0.1, 0.15) is 5.60 Å². The SMILES string of the molecule is CC(C)(C)OC(=O)Nc1ccc2c(c1)NCC2. The third kappa shape index (κ3) is 3.12. The zero-order valence-electron chi connectivity index (χ0n) is 10.5. The van der Waals surface area contributed by atoms with Gasteiger partial charge in [0.25, 0.3) is 0 Å². The second kappa shape index (κ2) is 4.28. The first-order valence-electron chi connectivity index (χ1n) is 5.81. The lowest BCUT2D eigenvalue weighted by molar-refractivity contribution is 0.0636. The minimum atomic E-state index is -0.473. The summed E-state index contributed by atoms with van der Waals surface area (Å²) < 4.78 is 5.19. The van der Waals surface area contributed by atoms with Crippen molar-refractivity contribution in [3.63, 3.8) is 0 Å². The molecule has 0 bridgehead atoms. The highest BCUT2D eigenvalue weighted by Crippen LogP contribution is 2.25. The first-order valence-corrected chi connectivity index (χ1v) is 5.81. The van der Waals surface area contributed by atoms with E-state index in [0.29, 0.717) is 0 Å². The van der Waals surface area contributed by atoms with E-state index in [-0.39, 0.29) is 0 Å². The first-order chi connectivity index (χ1) is 7.94. The van der Waals surface area contributed by atoms with Crippen molar-refractivity contribution in [1.29, 1.82) is 0 Å². The van der Waals surface area contributed by atoms with Crippen molar-refractivity contribution in [2.45, 2.75) is 32.8 Å². The van der Waals surface area contributed by atoms with Crippen LogP contribution in [-0.4, -0.2) is 18.2 Å². The van der Waals surface area contributed by atoms with Crippen LogP contribution in [0, 0.1) is 0 Å². The maximum atomic E-state index is 11.6. The highest BCUT2D eigenvalue weighted by molar-refractivity contribution is 5.86. The summed E-state index contributed by atoms with van der Waals surface area (Å²) in [5.74, 6) is 0. The standard InChI is InChI=1S/C13H18N2O2/c1-13(2,3)17-12(16)15-10-5-4-9-6-7-14-11(9)8-10/h4-5,8,14H,6-7H2,1-3H3,(H,15,16). The molecule has 0 saturated carbocycles. The van der Waals surface area contributed by atoms with Crippen molar-refractivity contribution in [1.82, 2.24) is 0 Å². The van der Waals surface area contributed by atoms with Gasteiger partial charge in [-0.3, -0.25) is 5.32 Å². The number of ether oxygens (including phenoxy) is 1. The van der Waals surface area contributed by atoms with Gasteiger partial charge in [0.05, 0.1) is 0 Å². The normalized spacial score (nSPS) is 13.8. The Labute approximate surface area is 101 Å². The van der Waals surface area contributed by atoms with Crippen LogP contribution in [0.2, 0.25) is 0 Å². The average Bonchev–Trinajstić information content (AvgIpc) is 2.61. The van der Waals surface area contributed by atoms with Crippen LogP contribution in [0.1, 0.15) is 26.3 Å². The number of rotatable bonds is 1. The summed E-state index contributed by atoms with van der Waals surface area (Å²) in [5.41, 5.74) is 2.67. The minimum absolute atomic E-state index is 0.421. The molecule has 1 heterocycles. The van der Waals surface area contributed by atoms with Crippen molar-refractivity contribution in [2.75, 3.05) is 17.2 Å². The van der Waals surface area contributed by atoms with E-state index in [2.05, 4.69) is 10.6 Å². The second-order valence-electron chi connectivity index (χ2n) is 5.18. The van der Waals surface area contributed by atoms with Gasteiger partial charge in [0.15, 0.2) is 0 Å². The largest absolute Gasteiger partial charge is 0.444 e. The summed E-state index contributed by atoms with van der Waals surface area (Å²) in [5, 5.41) is 6.00. The van der Waals surface area contributed by atoms with Crippen molar-refractivity contribution < 1.29 is 9.53 Å². The lowest BCUT2D eigenvalue weighted by atomic mass is 10.1. The molecule has 4 heteroatoms. The molecule has 1 amide bonds. The highest BCUT2D eigenvalue weighted by atomic mass is 16.6. The molecule has 0 radical (unpaired) electrons. The fourth-order valence-electron chi connectivity index (χ4n) is 1.79. The van der Waals surface area contributed by atoms with Gasteiger partial charge in [-0.15, -0.1) is 0 Å². The number of hydrogen-bond acceptors (Lipinski definition) is 3. The van der Waals surface area contributed by atoms with E-state index >= 15 is 0 Å². The predicted octanol–water partition coefficient (Wildman–Crippen LogP) is 3.00. The Morgan fingerprint density at radius 2 is 2.18 bits per heavy atom. The van der Waals surface area contributed by atoms with E-state index in [1.807, 2.05) is 39.0 Å². The maximum absolute atomic E-state index is 11.6. The van der Waals surface area contributed by atoms with Crippen molar-refractivity contribution in [3.8, 4) is 0 Å². The van der Waals surface area contributed by atoms with Crippen molar-refractivity contribution in [2.24, 2.45) is 0 Å². The number of anilines is 2. The van der Waals surface area contributed by atoms with Gasteiger partial charge < -0.3 is 10.1 Å². The monoisotopic (exact) mass is 234 g/mol. The third-order valence-electron chi connectivity index (χ3n) is 2.46. The molecular formula is C13H18N2O2. The van der Waals surface area contributed by atoms with Gasteiger partial charge in [-0.05, 0) is 44.9 Å². The van der Waals surface area contributed by atoms with Crippen LogP contribution in [0.25, 0.3) is 0 Å². The molecule has 92 valence electrons. The number of benzene rings is 1. The molecule has 0 aromatic heterocycles. The maximum Gasteiger partial charge on any atom is 0.412 e. The molecule has 1 aliphatic rings. The third-order valence-corrected chi connectivity index (χ3v) is 2.46. The zero-order chi connectivity index (χ0) is 12.5. The van der Waals surface area contributed by atoms with E-state index in [9.17, 15) is 4.79 Å². The number of carbonyl (C=O) groups is 1.